The molecule has 3 rings (SSSR count). The van der Waals surface area contributed by atoms with Crippen molar-refractivity contribution in [2.75, 3.05) is 5.32 Å². The SMILES string of the molecule is CC(C)c1cc(=O)[nH]nc1-c1nc(C#N)c(NC=O)nc1-c1ccccc1. The Balaban J connectivity index is 2.37. The quantitative estimate of drug-likeness (QED) is 0.673. The van der Waals surface area contributed by atoms with Crippen LogP contribution in [0.4, 0.5) is 5.82 Å². The summed E-state index contributed by atoms with van der Waals surface area (Å²) >= 11 is 0. The van der Waals surface area contributed by atoms with E-state index in [1.807, 2.05) is 50.2 Å². The third-order valence-corrected chi connectivity index (χ3v) is 3.93. The molecule has 2 aromatic heterocycles. The summed E-state index contributed by atoms with van der Waals surface area (Å²) in [5.74, 6) is 0.0594. The summed E-state index contributed by atoms with van der Waals surface area (Å²) in [4.78, 5) is 31.5. The Labute approximate surface area is 154 Å². The van der Waals surface area contributed by atoms with E-state index in [-0.39, 0.29) is 23.0 Å². The topological polar surface area (TPSA) is 124 Å². The van der Waals surface area contributed by atoms with Crippen molar-refractivity contribution in [3.05, 3.63) is 58.0 Å². The zero-order chi connectivity index (χ0) is 19.4. The van der Waals surface area contributed by atoms with Gasteiger partial charge in [-0.3, -0.25) is 9.59 Å². The molecular formula is C19H16N6O2. The molecule has 0 aliphatic carbocycles. The van der Waals surface area contributed by atoms with Crippen molar-refractivity contribution in [2.24, 2.45) is 0 Å². The van der Waals surface area contributed by atoms with Crippen LogP contribution in [-0.2, 0) is 4.79 Å². The number of carbonyl (C=O) groups excluding carboxylic acids is 1. The van der Waals surface area contributed by atoms with Crippen LogP contribution in [0.15, 0.2) is 41.2 Å². The highest BCUT2D eigenvalue weighted by molar-refractivity contribution is 5.81. The van der Waals surface area contributed by atoms with Crippen LogP contribution in [0.3, 0.4) is 0 Å². The maximum absolute atomic E-state index is 11.7. The summed E-state index contributed by atoms with van der Waals surface area (Å²) in [5, 5.41) is 18.4. The minimum atomic E-state index is -0.323. The normalized spacial score (nSPS) is 10.4. The number of hydrogen-bond donors (Lipinski definition) is 2. The average molecular weight is 360 g/mol. The lowest BCUT2D eigenvalue weighted by molar-refractivity contribution is -0.105. The van der Waals surface area contributed by atoms with Gasteiger partial charge in [-0.15, -0.1) is 0 Å². The maximum Gasteiger partial charge on any atom is 0.264 e. The number of amides is 1. The zero-order valence-corrected chi connectivity index (χ0v) is 14.7. The van der Waals surface area contributed by atoms with E-state index in [4.69, 9.17) is 0 Å². The molecule has 2 N–H and O–H groups in total. The van der Waals surface area contributed by atoms with Gasteiger partial charge in [0.25, 0.3) is 5.56 Å². The second-order valence-electron chi connectivity index (χ2n) is 6.05. The molecule has 134 valence electrons. The van der Waals surface area contributed by atoms with E-state index in [0.29, 0.717) is 29.1 Å². The van der Waals surface area contributed by atoms with E-state index in [2.05, 4.69) is 25.5 Å². The van der Waals surface area contributed by atoms with E-state index in [1.54, 1.807) is 0 Å². The molecule has 8 nitrogen and oxygen atoms in total. The lowest BCUT2D eigenvalue weighted by Crippen LogP contribution is -2.13. The van der Waals surface area contributed by atoms with Gasteiger partial charge in [-0.2, -0.15) is 10.4 Å². The highest BCUT2D eigenvalue weighted by atomic mass is 16.1. The van der Waals surface area contributed by atoms with Crippen molar-refractivity contribution in [3.63, 3.8) is 0 Å². The summed E-state index contributed by atoms with van der Waals surface area (Å²) in [6, 6.07) is 12.6. The van der Waals surface area contributed by atoms with E-state index >= 15 is 0 Å². The number of aromatic nitrogens is 4. The first kappa shape index (κ1) is 17.9. The fourth-order valence-corrected chi connectivity index (χ4v) is 2.68. The highest BCUT2D eigenvalue weighted by Crippen LogP contribution is 2.33. The summed E-state index contributed by atoms with van der Waals surface area (Å²) < 4.78 is 0. The molecule has 0 aliphatic rings. The Hall–Kier alpha value is -3.86. The smallest absolute Gasteiger partial charge is 0.264 e. The number of nitrogens with one attached hydrogen (secondary N) is 2. The lowest BCUT2D eigenvalue weighted by Gasteiger charge is -2.14. The standard InChI is InChI=1S/C19H16N6O2/c1-11(2)13-8-15(27)24-25-17(13)18-16(12-6-4-3-5-7-12)23-19(21-10-26)14(9-20)22-18/h3-8,10-11H,1-2H3,(H,24,27)(H,21,23,26). The first-order valence-electron chi connectivity index (χ1n) is 8.23. The zero-order valence-electron chi connectivity index (χ0n) is 14.7. The van der Waals surface area contributed by atoms with Gasteiger partial charge in [0.1, 0.15) is 23.2 Å². The first-order chi connectivity index (χ1) is 13.0. The lowest BCUT2D eigenvalue weighted by atomic mass is 9.98. The summed E-state index contributed by atoms with van der Waals surface area (Å²) in [6.45, 7) is 3.87. The number of hydrogen-bond acceptors (Lipinski definition) is 6. The summed E-state index contributed by atoms with van der Waals surface area (Å²) in [7, 11) is 0. The van der Waals surface area contributed by atoms with Crippen molar-refractivity contribution >= 4 is 12.2 Å². The summed E-state index contributed by atoms with van der Waals surface area (Å²) in [5.41, 5.74) is 2.29. The first-order valence-corrected chi connectivity index (χ1v) is 8.23. The number of aromatic amines is 1. The van der Waals surface area contributed by atoms with Gasteiger partial charge in [-0.1, -0.05) is 44.2 Å². The monoisotopic (exact) mass is 360 g/mol. The number of H-pyrrole nitrogens is 1. The highest BCUT2D eigenvalue weighted by Gasteiger charge is 2.21. The molecule has 0 spiro atoms. The van der Waals surface area contributed by atoms with Crippen molar-refractivity contribution in [2.45, 2.75) is 19.8 Å². The van der Waals surface area contributed by atoms with E-state index in [1.165, 1.54) is 6.07 Å². The minimum absolute atomic E-state index is 0.00136. The minimum Gasteiger partial charge on any atom is -0.311 e. The predicted molar refractivity (Wildman–Crippen MR) is 99.8 cm³/mol. The second-order valence-corrected chi connectivity index (χ2v) is 6.05. The van der Waals surface area contributed by atoms with Crippen LogP contribution >= 0.6 is 0 Å². The van der Waals surface area contributed by atoms with Crippen molar-refractivity contribution in [1.82, 2.24) is 20.2 Å². The van der Waals surface area contributed by atoms with Gasteiger partial charge in [-0.25, -0.2) is 15.1 Å². The number of carbonyl (C=O) groups is 1. The number of rotatable bonds is 5. The number of benzene rings is 1. The Morgan fingerprint density at radius 2 is 1.89 bits per heavy atom. The van der Waals surface area contributed by atoms with Gasteiger partial charge >= 0.3 is 0 Å². The Bertz CT molecular complexity index is 1080. The van der Waals surface area contributed by atoms with Gasteiger partial charge in [0.05, 0.1) is 0 Å². The van der Waals surface area contributed by atoms with Gasteiger partial charge in [-0.05, 0) is 11.5 Å². The number of nitriles is 1. The molecule has 8 heteroatoms. The fourth-order valence-electron chi connectivity index (χ4n) is 2.68. The van der Waals surface area contributed by atoms with Crippen molar-refractivity contribution in [1.29, 1.82) is 5.26 Å². The number of anilines is 1. The largest absolute Gasteiger partial charge is 0.311 e. The molecule has 0 saturated carbocycles. The van der Waals surface area contributed by atoms with Crippen LogP contribution < -0.4 is 10.9 Å². The van der Waals surface area contributed by atoms with Crippen molar-refractivity contribution in [3.8, 4) is 28.7 Å². The second kappa shape index (κ2) is 7.58. The molecule has 0 radical (unpaired) electrons. The maximum atomic E-state index is 11.7. The summed E-state index contributed by atoms with van der Waals surface area (Å²) in [6.07, 6.45) is 0.442. The Kier molecular flexibility index (Phi) is 5.04. The molecule has 2 heterocycles. The predicted octanol–water partition coefficient (Wildman–Crippen LogP) is 2.46. The van der Waals surface area contributed by atoms with Crippen molar-refractivity contribution < 1.29 is 4.79 Å². The molecule has 0 atom stereocenters. The fraction of sp³-hybridized carbons (Fsp3) is 0.158. The van der Waals surface area contributed by atoms with Crippen LogP contribution in [0.25, 0.3) is 22.6 Å². The van der Waals surface area contributed by atoms with Crippen LogP contribution in [0, 0.1) is 11.3 Å². The van der Waals surface area contributed by atoms with Crippen LogP contribution in [-0.4, -0.2) is 26.6 Å². The van der Waals surface area contributed by atoms with Gasteiger partial charge in [0.15, 0.2) is 11.5 Å². The molecule has 0 aliphatic heterocycles. The van der Waals surface area contributed by atoms with E-state index in [9.17, 15) is 14.9 Å². The van der Waals surface area contributed by atoms with E-state index in [0.717, 1.165) is 5.56 Å². The van der Waals surface area contributed by atoms with Gasteiger partial charge < -0.3 is 5.32 Å². The Morgan fingerprint density at radius 3 is 2.52 bits per heavy atom. The molecule has 0 saturated heterocycles. The van der Waals surface area contributed by atoms with Crippen LogP contribution in [0.2, 0.25) is 0 Å². The molecule has 1 amide bonds. The van der Waals surface area contributed by atoms with Crippen LogP contribution in [0.1, 0.15) is 31.0 Å². The van der Waals surface area contributed by atoms with Crippen LogP contribution in [0.5, 0.6) is 0 Å². The Morgan fingerprint density at radius 1 is 1.15 bits per heavy atom. The van der Waals surface area contributed by atoms with E-state index < -0.39 is 0 Å². The molecule has 0 fully saturated rings. The van der Waals surface area contributed by atoms with Gasteiger partial charge in [0.2, 0.25) is 6.41 Å². The molecule has 1 aromatic carbocycles. The average Bonchev–Trinajstić information content (AvgIpc) is 2.68. The third kappa shape index (κ3) is 3.57. The van der Waals surface area contributed by atoms with Gasteiger partial charge in [0, 0.05) is 11.6 Å². The molecule has 27 heavy (non-hydrogen) atoms. The molecule has 0 bridgehead atoms. The third-order valence-electron chi connectivity index (χ3n) is 3.93. The number of nitrogens with zero attached hydrogens (tertiary/aromatic N) is 4. The molecule has 0 unspecified atom stereocenters. The molecule has 3 aromatic rings. The molecular weight excluding hydrogens is 344 g/mol.